The fourth-order valence-corrected chi connectivity index (χ4v) is 5.28. The van der Waals surface area contributed by atoms with E-state index in [-0.39, 0.29) is 24.0 Å². The van der Waals surface area contributed by atoms with Crippen LogP contribution < -0.4 is 15.2 Å². The van der Waals surface area contributed by atoms with Gasteiger partial charge in [0.2, 0.25) is 0 Å². The van der Waals surface area contributed by atoms with Crippen LogP contribution in [0, 0.1) is 5.92 Å². The zero-order chi connectivity index (χ0) is 33.7. The predicted octanol–water partition coefficient (Wildman–Crippen LogP) is 6.56. The Kier molecular flexibility index (Phi) is 14.5. The Morgan fingerprint density at radius 2 is 1.74 bits per heavy atom. The highest BCUT2D eigenvalue weighted by Gasteiger charge is 2.31. The molecule has 1 heterocycles. The molecule has 2 amide bonds. The van der Waals surface area contributed by atoms with Gasteiger partial charge < -0.3 is 39.2 Å². The number of hydrogen-bond donors (Lipinski definition) is 1. The van der Waals surface area contributed by atoms with Crippen molar-refractivity contribution in [3.63, 3.8) is 0 Å². The molecule has 46 heavy (non-hydrogen) atoms. The first kappa shape index (κ1) is 37.0. The minimum atomic E-state index is -0.611. The summed E-state index contributed by atoms with van der Waals surface area (Å²) >= 11 is 0. The van der Waals surface area contributed by atoms with Crippen LogP contribution in [0.1, 0.15) is 82.6 Å². The second-order valence-electron chi connectivity index (χ2n) is 13.3. The lowest BCUT2D eigenvalue weighted by atomic mass is 10.0. The molecular weight excluding hydrogens is 586 g/mol. The number of rotatable bonds is 8. The molecule has 0 saturated carbocycles. The quantitative estimate of drug-likeness (QED) is 0.323. The number of nitrogen functional groups attached to an aromatic ring is 1. The van der Waals surface area contributed by atoms with Crippen molar-refractivity contribution in [1.82, 2.24) is 9.80 Å². The van der Waals surface area contributed by atoms with Crippen LogP contribution in [0.25, 0.3) is 0 Å². The number of nitrogens with two attached hydrogens (primary N) is 1. The summed E-state index contributed by atoms with van der Waals surface area (Å²) in [5.74, 6) is 0.980. The number of amides is 2. The maximum atomic E-state index is 14.4. The first-order chi connectivity index (χ1) is 21.9. The molecule has 3 atom stereocenters. The number of carbonyl (C=O) groups is 2. The third kappa shape index (κ3) is 12.0. The van der Waals surface area contributed by atoms with Gasteiger partial charge in [0.1, 0.15) is 17.1 Å². The van der Waals surface area contributed by atoms with Crippen molar-refractivity contribution in [3.8, 4) is 11.5 Å². The van der Waals surface area contributed by atoms with Gasteiger partial charge in [0.05, 0.1) is 51.2 Å². The number of methoxy groups -OCH3 is 1. The monoisotopic (exact) mass is 641 g/mol. The average Bonchev–Trinajstić information content (AvgIpc) is 3.01. The zero-order valence-corrected chi connectivity index (χ0v) is 28.9. The van der Waals surface area contributed by atoms with Gasteiger partial charge in [-0.15, -0.1) is 0 Å². The van der Waals surface area contributed by atoms with E-state index in [1.165, 1.54) is 0 Å². The average molecular weight is 642 g/mol. The van der Waals surface area contributed by atoms with Gasteiger partial charge in [-0.05, 0) is 76.4 Å². The summed E-state index contributed by atoms with van der Waals surface area (Å²) in [5, 5.41) is 0. The Morgan fingerprint density at radius 3 is 2.41 bits per heavy atom. The van der Waals surface area contributed by atoms with Gasteiger partial charge in [-0.1, -0.05) is 38.3 Å². The Balaban J connectivity index is 1.87. The molecule has 0 fully saturated rings. The maximum absolute atomic E-state index is 14.4. The van der Waals surface area contributed by atoms with Crippen LogP contribution in [0.3, 0.4) is 0 Å². The van der Waals surface area contributed by atoms with Crippen LogP contribution in [0.5, 0.6) is 11.5 Å². The van der Waals surface area contributed by atoms with Crippen molar-refractivity contribution >= 4 is 17.7 Å². The lowest BCUT2D eigenvalue weighted by molar-refractivity contribution is -0.0265. The summed E-state index contributed by atoms with van der Waals surface area (Å²) in [5.41, 5.74) is 7.48. The Morgan fingerprint density at radius 1 is 1.07 bits per heavy atom. The molecule has 0 radical (unpaired) electrons. The normalized spacial score (nSPS) is 19.5. The number of benzene rings is 2. The summed E-state index contributed by atoms with van der Waals surface area (Å²) in [6.07, 6.45) is 4.20. The van der Waals surface area contributed by atoms with E-state index >= 15 is 0 Å². The number of likely N-dealkylation sites (N-methyl/N-ethyl adjacent to an activating group) is 1. The predicted molar refractivity (Wildman–Crippen MR) is 180 cm³/mol. The van der Waals surface area contributed by atoms with Gasteiger partial charge >= 0.3 is 6.09 Å². The summed E-state index contributed by atoms with van der Waals surface area (Å²) in [4.78, 5) is 30.6. The van der Waals surface area contributed by atoms with E-state index < -0.39 is 11.7 Å². The summed E-state index contributed by atoms with van der Waals surface area (Å²) in [6, 6.07) is 12.7. The van der Waals surface area contributed by atoms with Gasteiger partial charge in [-0.3, -0.25) is 4.79 Å². The molecule has 0 aromatic heterocycles. The van der Waals surface area contributed by atoms with E-state index in [2.05, 4.69) is 6.92 Å². The summed E-state index contributed by atoms with van der Waals surface area (Å²) < 4.78 is 29.6. The largest absolute Gasteiger partial charge is 0.497 e. The first-order valence-electron chi connectivity index (χ1n) is 16.5. The smallest absolute Gasteiger partial charge is 0.410 e. The van der Waals surface area contributed by atoms with Gasteiger partial charge in [-0.2, -0.15) is 0 Å². The SMILES string of the molecule is COc1ccc(COC[C@H](C)N2C[C@@H](C)[C@H](CN(C)C(=O)OC(C)(C)C)OCCCCCCCOc3ccc(N)cc3C2=O)cc1. The molecule has 0 spiro atoms. The topological polar surface area (TPSA) is 113 Å². The van der Waals surface area contributed by atoms with Crippen LogP contribution >= 0.6 is 0 Å². The van der Waals surface area contributed by atoms with Crippen LogP contribution in [0.4, 0.5) is 10.5 Å². The van der Waals surface area contributed by atoms with Crippen molar-refractivity contribution in [2.45, 2.75) is 91.1 Å². The van der Waals surface area contributed by atoms with Crippen molar-refractivity contribution in [3.05, 3.63) is 53.6 Å². The van der Waals surface area contributed by atoms with E-state index in [1.54, 1.807) is 37.3 Å². The fraction of sp³-hybridized carbons (Fsp3) is 0.611. The highest BCUT2D eigenvalue weighted by Crippen LogP contribution is 2.26. The minimum absolute atomic E-state index is 0.129. The van der Waals surface area contributed by atoms with Crippen LogP contribution in [0.2, 0.25) is 0 Å². The highest BCUT2D eigenvalue weighted by molar-refractivity contribution is 5.98. The van der Waals surface area contributed by atoms with Crippen LogP contribution in [-0.4, -0.2) is 86.6 Å². The van der Waals surface area contributed by atoms with E-state index in [4.69, 9.17) is 29.4 Å². The Hall–Kier alpha value is -3.50. The van der Waals surface area contributed by atoms with Crippen LogP contribution in [-0.2, 0) is 20.8 Å². The summed E-state index contributed by atoms with van der Waals surface area (Å²) in [7, 11) is 3.36. The third-order valence-corrected chi connectivity index (χ3v) is 7.97. The van der Waals surface area contributed by atoms with E-state index in [0.29, 0.717) is 56.5 Å². The number of fused-ring (bicyclic) bond motifs is 1. The summed E-state index contributed by atoms with van der Waals surface area (Å²) in [6.45, 7) is 12.1. The Bertz CT molecular complexity index is 1230. The van der Waals surface area contributed by atoms with Crippen molar-refractivity contribution in [2.24, 2.45) is 5.92 Å². The number of carbonyl (C=O) groups excluding carboxylic acids is 2. The first-order valence-corrected chi connectivity index (χ1v) is 16.5. The van der Waals surface area contributed by atoms with Gasteiger partial charge in [0.15, 0.2) is 0 Å². The molecule has 256 valence electrons. The molecule has 0 bridgehead atoms. The standard InChI is InChI=1S/C36H55N3O7/c1-26-22-39(27(2)24-43-25-28-13-16-30(42-7)17-14-28)34(40)31-21-29(37)15-18-32(31)44-19-11-9-8-10-12-20-45-33(26)23-38(6)35(41)46-36(3,4)5/h13-18,21,26-27,33H,8-12,19-20,22-25,37H2,1-7H3/t26-,27+,33+/m1/s1. The van der Waals surface area contributed by atoms with Crippen molar-refractivity contribution in [2.75, 3.05) is 52.8 Å². The molecular formula is C36H55N3O7. The number of anilines is 1. The minimum Gasteiger partial charge on any atom is -0.497 e. The molecule has 0 unspecified atom stereocenters. The van der Waals surface area contributed by atoms with Gasteiger partial charge in [-0.25, -0.2) is 4.79 Å². The van der Waals surface area contributed by atoms with Gasteiger partial charge in [0.25, 0.3) is 5.91 Å². The molecule has 1 aliphatic rings. The molecule has 2 N–H and O–H groups in total. The second-order valence-corrected chi connectivity index (χ2v) is 13.3. The third-order valence-electron chi connectivity index (χ3n) is 7.97. The molecule has 0 saturated heterocycles. The molecule has 1 aliphatic heterocycles. The van der Waals surface area contributed by atoms with E-state index in [9.17, 15) is 9.59 Å². The van der Waals surface area contributed by atoms with Gasteiger partial charge in [0, 0.05) is 31.8 Å². The lowest BCUT2D eigenvalue weighted by Crippen LogP contribution is -2.48. The van der Waals surface area contributed by atoms with Crippen molar-refractivity contribution in [1.29, 1.82) is 0 Å². The highest BCUT2D eigenvalue weighted by atomic mass is 16.6. The fourth-order valence-electron chi connectivity index (χ4n) is 5.28. The molecule has 2 aromatic carbocycles. The zero-order valence-electron chi connectivity index (χ0n) is 28.9. The molecule has 10 heteroatoms. The van der Waals surface area contributed by atoms with Crippen LogP contribution in [0.15, 0.2) is 42.5 Å². The van der Waals surface area contributed by atoms with E-state index in [1.807, 2.05) is 56.9 Å². The number of hydrogen-bond acceptors (Lipinski definition) is 8. The molecule has 3 rings (SSSR count). The molecule has 0 aliphatic carbocycles. The number of nitrogens with zero attached hydrogens (tertiary/aromatic N) is 2. The second kappa shape index (κ2) is 18.0. The molecule has 2 aromatic rings. The Labute approximate surface area is 275 Å². The lowest BCUT2D eigenvalue weighted by Gasteiger charge is -2.36. The molecule has 10 nitrogen and oxygen atoms in total. The van der Waals surface area contributed by atoms with E-state index in [0.717, 1.165) is 43.4 Å². The number of ether oxygens (including phenoxy) is 5. The maximum Gasteiger partial charge on any atom is 0.410 e. The van der Waals surface area contributed by atoms with Crippen molar-refractivity contribution < 1.29 is 33.3 Å².